The van der Waals surface area contributed by atoms with Gasteiger partial charge in [0.05, 0.1) is 12.8 Å². The summed E-state index contributed by atoms with van der Waals surface area (Å²) in [6, 6.07) is 23.7. The third-order valence-electron chi connectivity index (χ3n) is 3.40. The predicted molar refractivity (Wildman–Crippen MR) is 94.6 cm³/mol. The van der Waals surface area contributed by atoms with Crippen molar-refractivity contribution in [3.8, 4) is 0 Å². The fourth-order valence-electron chi connectivity index (χ4n) is 2.24. The highest BCUT2D eigenvalue weighted by molar-refractivity contribution is 5.91. The minimum Gasteiger partial charge on any atom is -0.376 e. The summed E-state index contributed by atoms with van der Waals surface area (Å²) in [7, 11) is 0. The molecule has 114 valence electrons. The number of fused-ring (bicyclic) bond motifs is 1. The lowest BCUT2D eigenvalue weighted by Gasteiger charge is -2.04. The third kappa shape index (κ3) is 4.17. The van der Waals surface area contributed by atoms with Gasteiger partial charge in [0, 0.05) is 5.69 Å². The molecular formula is C19H17N3O. The van der Waals surface area contributed by atoms with E-state index >= 15 is 0 Å². The second-order valence-electron chi connectivity index (χ2n) is 5.12. The molecule has 0 saturated carbocycles. The van der Waals surface area contributed by atoms with E-state index in [1.807, 2.05) is 60.7 Å². The van der Waals surface area contributed by atoms with Crippen molar-refractivity contribution < 1.29 is 4.79 Å². The molecule has 3 aromatic carbocycles. The van der Waals surface area contributed by atoms with Crippen molar-refractivity contribution in [3.05, 3.63) is 78.4 Å². The first-order valence-electron chi connectivity index (χ1n) is 7.41. The molecule has 0 aliphatic heterocycles. The van der Waals surface area contributed by atoms with Crippen molar-refractivity contribution in [2.45, 2.75) is 0 Å². The Labute approximate surface area is 134 Å². The summed E-state index contributed by atoms with van der Waals surface area (Å²) in [6.45, 7) is 0.180. The Bertz CT molecular complexity index is 828. The average Bonchev–Trinajstić information content (AvgIpc) is 2.61. The number of hydrogen-bond acceptors (Lipinski definition) is 3. The van der Waals surface area contributed by atoms with Gasteiger partial charge in [0.15, 0.2) is 0 Å². The number of hydrogen-bond donors (Lipinski definition) is 2. The number of para-hydroxylation sites is 1. The van der Waals surface area contributed by atoms with Crippen LogP contribution in [0.2, 0.25) is 0 Å². The van der Waals surface area contributed by atoms with Crippen LogP contribution in [0.5, 0.6) is 0 Å². The lowest BCUT2D eigenvalue weighted by atomic mass is 10.1. The van der Waals surface area contributed by atoms with Crippen LogP contribution in [-0.4, -0.2) is 18.7 Å². The molecule has 1 amide bonds. The SMILES string of the molecule is O=C(CNc1ccccc1)N/N=C\c1ccc2ccccc2c1. The highest BCUT2D eigenvalue weighted by Gasteiger charge is 1.99. The Hall–Kier alpha value is -3.14. The number of nitrogens with zero attached hydrogens (tertiary/aromatic N) is 1. The Morgan fingerprint density at radius 1 is 0.913 bits per heavy atom. The van der Waals surface area contributed by atoms with Gasteiger partial charge in [-0.25, -0.2) is 5.43 Å². The minimum atomic E-state index is -0.189. The largest absolute Gasteiger partial charge is 0.376 e. The lowest BCUT2D eigenvalue weighted by molar-refractivity contribution is -0.119. The van der Waals surface area contributed by atoms with Crippen molar-refractivity contribution in [1.82, 2.24) is 5.43 Å². The Morgan fingerprint density at radius 2 is 1.65 bits per heavy atom. The monoisotopic (exact) mass is 303 g/mol. The van der Waals surface area contributed by atoms with Gasteiger partial charge >= 0.3 is 0 Å². The second-order valence-corrected chi connectivity index (χ2v) is 5.12. The standard InChI is InChI=1S/C19H17N3O/c23-19(14-20-18-8-2-1-3-9-18)22-21-13-15-10-11-16-6-4-5-7-17(16)12-15/h1-13,20H,14H2,(H,22,23)/b21-13-. The predicted octanol–water partition coefficient (Wildman–Crippen LogP) is 3.40. The molecule has 23 heavy (non-hydrogen) atoms. The van der Waals surface area contributed by atoms with E-state index < -0.39 is 0 Å². The van der Waals surface area contributed by atoms with Crippen LogP contribution in [0.4, 0.5) is 5.69 Å². The zero-order chi connectivity index (χ0) is 15.9. The number of rotatable bonds is 5. The van der Waals surface area contributed by atoms with E-state index in [-0.39, 0.29) is 12.5 Å². The maximum atomic E-state index is 11.7. The van der Waals surface area contributed by atoms with Crippen molar-refractivity contribution in [1.29, 1.82) is 0 Å². The molecule has 4 heteroatoms. The Kier molecular flexibility index (Phi) is 4.64. The van der Waals surface area contributed by atoms with Crippen LogP contribution in [0.3, 0.4) is 0 Å². The smallest absolute Gasteiger partial charge is 0.259 e. The molecule has 0 radical (unpaired) electrons. The number of hydrazone groups is 1. The molecule has 0 aromatic heterocycles. The molecular weight excluding hydrogens is 286 g/mol. The molecule has 0 fully saturated rings. The van der Waals surface area contributed by atoms with Crippen LogP contribution >= 0.6 is 0 Å². The quantitative estimate of drug-likeness (QED) is 0.560. The molecule has 0 unspecified atom stereocenters. The van der Waals surface area contributed by atoms with E-state index in [0.717, 1.165) is 16.6 Å². The first kappa shape index (κ1) is 14.8. The molecule has 0 atom stereocenters. The summed E-state index contributed by atoms with van der Waals surface area (Å²) in [6.07, 6.45) is 1.65. The molecule has 0 spiro atoms. The normalized spacial score (nSPS) is 10.8. The molecule has 4 nitrogen and oxygen atoms in total. The van der Waals surface area contributed by atoms with Gasteiger partial charge in [0.25, 0.3) is 5.91 Å². The van der Waals surface area contributed by atoms with E-state index in [0.29, 0.717) is 0 Å². The summed E-state index contributed by atoms with van der Waals surface area (Å²) in [4.78, 5) is 11.7. The van der Waals surface area contributed by atoms with Crippen LogP contribution in [0.15, 0.2) is 77.9 Å². The van der Waals surface area contributed by atoms with Crippen LogP contribution in [-0.2, 0) is 4.79 Å². The molecule has 0 saturated heterocycles. The van der Waals surface area contributed by atoms with Gasteiger partial charge in [-0.2, -0.15) is 5.10 Å². The second kappa shape index (κ2) is 7.22. The van der Waals surface area contributed by atoms with Crippen molar-refractivity contribution in [3.63, 3.8) is 0 Å². The molecule has 0 heterocycles. The highest BCUT2D eigenvalue weighted by atomic mass is 16.2. The lowest BCUT2D eigenvalue weighted by Crippen LogP contribution is -2.25. The van der Waals surface area contributed by atoms with Crippen LogP contribution < -0.4 is 10.7 Å². The topological polar surface area (TPSA) is 53.5 Å². The summed E-state index contributed by atoms with van der Waals surface area (Å²) < 4.78 is 0. The summed E-state index contributed by atoms with van der Waals surface area (Å²) in [5.41, 5.74) is 4.37. The fourth-order valence-corrected chi connectivity index (χ4v) is 2.24. The van der Waals surface area contributed by atoms with Gasteiger partial charge in [-0.15, -0.1) is 0 Å². The summed E-state index contributed by atoms with van der Waals surface area (Å²) in [5.74, 6) is -0.189. The van der Waals surface area contributed by atoms with E-state index in [4.69, 9.17) is 0 Å². The van der Waals surface area contributed by atoms with Crippen molar-refractivity contribution in [2.24, 2.45) is 5.10 Å². The van der Waals surface area contributed by atoms with Crippen molar-refractivity contribution in [2.75, 3.05) is 11.9 Å². The number of carbonyl (C=O) groups is 1. The number of carbonyl (C=O) groups excluding carboxylic acids is 1. The first-order valence-corrected chi connectivity index (χ1v) is 7.41. The zero-order valence-electron chi connectivity index (χ0n) is 12.6. The van der Waals surface area contributed by atoms with E-state index in [1.54, 1.807) is 6.21 Å². The minimum absolute atomic E-state index is 0.180. The summed E-state index contributed by atoms with van der Waals surface area (Å²) in [5, 5.41) is 9.36. The number of amides is 1. The molecule has 3 rings (SSSR count). The van der Waals surface area contributed by atoms with Crippen molar-refractivity contribution >= 4 is 28.6 Å². The number of anilines is 1. The van der Waals surface area contributed by atoms with Gasteiger partial charge in [-0.1, -0.05) is 54.6 Å². The fraction of sp³-hybridized carbons (Fsp3) is 0.0526. The van der Waals surface area contributed by atoms with Crippen LogP contribution in [0.1, 0.15) is 5.56 Å². The van der Waals surface area contributed by atoms with E-state index in [2.05, 4.69) is 28.0 Å². The number of nitrogens with one attached hydrogen (secondary N) is 2. The van der Waals surface area contributed by atoms with E-state index in [9.17, 15) is 4.79 Å². The first-order chi connectivity index (χ1) is 11.3. The van der Waals surface area contributed by atoms with Gasteiger partial charge in [0.2, 0.25) is 0 Å². The zero-order valence-corrected chi connectivity index (χ0v) is 12.6. The maximum Gasteiger partial charge on any atom is 0.259 e. The molecule has 0 aliphatic carbocycles. The Balaban J connectivity index is 1.54. The van der Waals surface area contributed by atoms with Gasteiger partial charge in [-0.05, 0) is 34.5 Å². The maximum absolute atomic E-state index is 11.7. The third-order valence-corrected chi connectivity index (χ3v) is 3.40. The van der Waals surface area contributed by atoms with Crippen LogP contribution in [0, 0.1) is 0 Å². The molecule has 2 N–H and O–H groups in total. The Morgan fingerprint density at radius 3 is 2.48 bits per heavy atom. The summed E-state index contributed by atoms with van der Waals surface area (Å²) >= 11 is 0. The average molecular weight is 303 g/mol. The van der Waals surface area contributed by atoms with Gasteiger partial charge < -0.3 is 5.32 Å². The highest BCUT2D eigenvalue weighted by Crippen LogP contribution is 2.14. The molecule has 3 aromatic rings. The van der Waals surface area contributed by atoms with Gasteiger partial charge in [0.1, 0.15) is 0 Å². The molecule has 0 aliphatic rings. The van der Waals surface area contributed by atoms with Crippen LogP contribution in [0.25, 0.3) is 10.8 Å². The molecule has 0 bridgehead atoms. The van der Waals surface area contributed by atoms with Gasteiger partial charge in [-0.3, -0.25) is 4.79 Å². The number of benzene rings is 3. The van der Waals surface area contributed by atoms with E-state index in [1.165, 1.54) is 5.39 Å².